The molecule has 0 radical (unpaired) electrons. The van der Waals surface area contributed by atoms with E-state index in [1.807, 2.05) is 12.3 Å². The fourth-order valence-corrected chi connectivity index (χ4v) is 5.05. The van der Waals surface area contributed by atoms with Crippen molar-refractivity contribution in [3.05, 3.63) is 53.7 Å². The molecule has 1 aromatic carbocycles. The maximum atomic E-state index is 14.5. The quantitative estimate of drug-likeness (QED) is 0.417. The molecule has 34 heavy (non-hydrogen) atoms. The highest BCUT2D eigenvalue weighted by Crippen LogP contribution is 2.44. The van der Waals surface area contributed by atoms with Crippen molar-refractivity contribution >= 4 is 23.0 Å². The van der Waals surface area contributed by atoms with Gasteiger partial charge in [-0.2, -0.15) is 0 Å². The van der Waals surface area contributed by atoms with Crippen LogP contribution in [-0.4, -0.2) is 36.1 Å². The third-order valence-corrected chi connectivity index (χ3v) is 6.89. The highest BCUT2D eigenvalue weighted by molar-refractivity contribution is 6.07. The predicted molar refractivity (Wildman–Crippen MR) is 131 cm³/mol. The smallest absolute Gasteiger partial charge is 0.255 e. The summed E-state index contributed by atoms with van der Waals surface area (Å²) in [4.78, 5) is 21.1. The number of benzene rings is 1. The molecule has 178 valence electrons. The fourth-order valence-electron chi connectivity index (χ4n) is 5.05. The lowest BCUT2D eigenvalue weighted by atomic mass is 9.88. The van der Waals surface area contributed by atoms with Gasteiger partial charge in [-0.25, -0.2) is 4.39 Å². The molecule has 0 saturated carbocycles. The number of ether oxygens (including phenoxy) is 1. The van der Waals surface area contributed by atoms with Crippen LogP contribution < -0.4 is 20.7 Å². The van der Waals surface area contributed by atoms with Gasteiger partial charge in [0.2, 0.25) is 0 Å². The van der Waals surface area contributed by atoms with Gasteiger partial charge >= 0.3 is 0 Å². The van der Waals surface area contributed by atoms with E-state index < -0.39 is 5.82 Å². The van der Waals surface area contributed by atoms with Crippen LogP contribution in [0.1, 0.15) is 54.6 Å². The summed E-state index contributed by atoms with van der Waals surface area (Å²) in [6.45, 7) is 3.73. The number of halogens is 1. The first-order chi connectivity index (χ1) is 16.6. The third-order valence-electron chi connectivity index (χ3n) is 6.89. The van der Waals surface area contributed by atoms with Crippen LogP contribution in [0, 0.1) is 11.7 Å². The van der Waals surface area contributed by atoms with Crippen molar-refractivity contribution in [2.24, 2.45) is 5.92 Å². The highest BCUT2D eigenvalue weighted by atomic mass is 19.1. The summed E-state index contributed by atoms with van der Waals surface area (Å²) in [7, 11) is 1.43. The van der Waals surface area contributed by atoms with Crippen molar-refractivity contribution in [3.8, 4) is 17.0 Å². The Hall–Kier alpha value is -3.55. The number of H-pyrrole nitrogens is 1. The van der Waals surface area contributed by atoms with Gasteiger partial charge in [0.15, 0.2) is 11.6 Å². The summed E-state index contributed by atoms with van der Waals surface area (Å²) in [5, 5.41) is 9.93. The van der Waals surface area contributed by atoms with Crippen LogP contribution in [0.4, 0.5) is 21.5 Å². The first kappa shape index (κ1) is 22.3. The number of carbonyl (C=O) groups is 1. The first-order valence-corrected chi connectivity index (χ1v) is 11.9. The molecule has 2 aliphatic rings. The van der Waals surface area contributed by atoms with E-state index in [1.165, 1.54) is 13.2 Å². The molecule has 2 atom stereocenters. The minimum Gasteiger partial charge on any atom is -0.492 e. The van der Waals surface area contributed by atoms with Crippen LogP contribution in [0.5, 0.6) is 5.75 Å². The van der Waals surface area contributed by atoms with Gasteiger partial charge in [-0.05, 0) is 43.4 Å². The average Bonchev–Trinajstić information content (AvgIpc) is 3.21. The minimum absolute atomic E-state index is 0.104. The van der Waals surface area contributed by atoms with E-state index in [2.05, 4.69) is 32.8 Å². The number of methoxy groups -OCH3 is 1. The Balaban J connectivity index is 1.70. The third kappa shape index (κ3) is 4.08. The number of carbonyl (C=O) groups excluding carboxylic acids is 1. The zero-order valence-electron chi connectivity index (χ0n) is 19.5. The van der Waals surface area contributed by atoms with Gasteiger partial charge in [0.1, 0.15) is 0 Å². The first-order valence-electron chi connectivity index (χ1n) is 11.9. The maximum absolute atomic E-state index is 14.5. The van der Waals surface area contributed by atoms with Gasteiger partial charge in [-0.3, -0.25) is 9.78 Å². The molecule has 1 amide bonds. The van der Waals surface area contributed by atoms with Crippen molar-refractivity contribution in [2.45, 2.75) is 38.5 Å². The second kappa shape index (κ2) is 9.37. The summed E-state index contributed by atoms with van der Waals surface area (Å²) >= 11 is 0. The van der Waals surface area contributed by atoms with E-state index in [9.17, 15) is 9.18 Å². The number of aromatic amines is 1. The Labute approximate surface area is 198 Å². The van der Waals surface area contributed by atoms with Crippen molar-refractivity contribution in [2.75, 3.05) is 30.8 Å². The number of aromatic nitrogens is 2. The second-order valence-corrected chi connectivity index (χ2v) is 9.19. The van der Waals surface area contributed by atoms with Gasteiger partial charge < -0.3 is 25.7 Å². The lowest BCUT2D eigenvalue weighted by Crippen LogP contribution is -2.35. The SMILES string of the molecule is COc1c(F)cccc1Nc1c2[nH]c3c1C(=O)NC[C@@H]3CCC(C)CCCNc1cnccc1-2. The number of amides is 1. The summed E-state index contributed by atoms with van der Waals surface area (Å²) in [6, 6.07) is 6.65. The molecule has 2 aliphatic heterocycles. The fraction of sp³-hybridized carbons (Fsp3) is 0.385. The molecule has 0 aliphatic carbocycles. The molecule has 7 nitrogen and oxygen atoms in total. The van der Waals surface area contributed by atoms with E-state index in [-0.39, 0.29) is 17.6 Å². The van der Waals surface area contributed by atoms with Crippen molar-refractivity contribution in [1.82, 2.24) is 15.3 Å². The molecule has 4 N–H and O–H groups in total. The molecule has 0 fully saturated rings. The van der Waals surface area contributed by atoms with Crippen LogP contribution in [0.2, 0.25) is 0 Å². The van der Waals surface area contributed by atoms with Crippen LogP contribution in [0.3, 0.4) is 0 Å². The van der Waals surface area contributed by atoms with Gasteiger partial charge in [0, 0.05) is 36.5 Å². The van der Waals surface area contributed by atoms with Crippen LogP contribution in [0.15, 0.2) is 36.7 Å². The number of hydrogen-bond donors (Lipinski definition) is 4. The lowest BCUT2D eigenvalue weighted by molar-refractivity contribution is 0.0939. The van der Waals surface area contributed by atoms with Crippen LogP contribution >= 0.6 is 0 Å². The minimum atomic E-state index is -0.469. The van der Waals surface area contributed by atoms with Gasteiger partial charge in [-0.15, -0.1) is 0 Å². The summed E-state index contributed by atoms with van der Waals surface area (Å²) in [5.74, 6) is 0.268. The van der Waals surface area contributed by atoms with E-state index in [0.717, 1.165) is 54.9 Å². The Morgan fingerprint density at radius 1 is 1.18 bits per heavy atom. The largest absolute Gasteiger partial charge is 0.492 e. The van der Waals surface area contributed by atoms with Crippen LogP contribution in [-0.2, 0) is 0 Å². The highest BCUT2D eigenvalue weighted by Gasteiger charge is 2.33. The van der Waals surface area contributed by atoms with Crippen LogP contribution in [0.25, 0.3) is 11.3 Å². The summed E-state index contributed by atoms with van der Waals surface area (Å²) in [6.07, 6.45) is 7.84. The summed E-state index contributed by atoms with van der Waals surface area (Å²) in [5.41, 5.74) is 5.13. The lowest BCUT2D eigenvalue weighted by Gasteiger charge is -2.25. The maximum Gasteiger partial charge on any atom is 0.255 e. The van der Waals surface area contributed by atoms with E-state index >= 15 is 0 Å². The average molecular weight is 464 g/mol. The molecular formula is C26H30FN5O2. The standard InChI is InChI=1S/C26H30FN5O2/c1-15-5-4-11-29-20-14-28-12-10-17(20)23-24(31-19-7-3-6-18(27)25(19)34-2)21-22(32-23)16(9-8-15)13-30-26(21)33/h3,6-7,10,12,14-16,29,31-32H,4-5,8-9,11,13H2,1-2H3,(H,30,33)/t15?,16-/m0/s1. The van der Waals surface area contributed by atoms with Crippen molar-refractivity contribution in [3.63, 3.8) is 0 Å². The zero-order valence-corrected chi connectivity index (χ0v) is 19.5. The molecule has 0 saturated heterocycles. The number of fused-ring (bicyclic) bond motifs is 3. The zero-order chi connectivity index (χ0) is 23.7. The monoisotopic (exact) mass is 463 g/mol. The number of hydrogen-bond acceptors (Lipinski definition) is 5. The Bertz CT molecular complexity index is 1210. The number of anilines is 3. The number of pyridine rings is 1. The summed E-state index contributed by atoms with van der Waals surface area (Å²) < 4.78 is 19.8. The normalized spacial score (nSPS) is 20.0. The Kier molecular flexibility index (Phi) is 6.13. The molecule has 5 rings (SSSR count). The van der Waals surface area contributed by atoms with Gasteiger partial charge in [0.25, 0.3) is 5.91 Å². The van der Waals surface area contributed by atoms with E-state index in [4.69, 9.17) is 4.74 Å². The molecule has 0 spiro atoms. The molecule has 1 unspecified atom stereocenters. The molecule has 4 heterocycles. The molecular weight excluding hydrogens is 433 g/mol. The topological polar surface area (TPSA) is 91.1 Å². The number of nitrogens with zero attached hydrogens (tertiary/aromatic N) is 1. The van der Waals surface area contributed by atoms with E-state index in [0.29, 0.717) is 29.4 Å². The molecule has 3 aromatic rings. The van der Waals surface area contributed by atoms with Crippen molar-refractivity contribution in [1.29, 1.82) is 0 Å². The van der Waals surface area contributed by atoms with Gasteiger partial charge in [-0.1, -0.05) is 19.4 Å². The number of para-hydroxylation sites is 1. The Morgan fingerprint density at radius 2 is 2.06 bits per heavy atom. The molecule has 8 heteroatoms. The van der Waals surface area contributed by atoms with E-state index in [1.54, 1.807) is 18.3 Å². The predicted octanol–water partition coefficient (Wildman–Crippen LogP) is 5.42. The van der Waals surface area contributed by atoms with Gasteiger partial charge in [0.05, 0.1) is 41.6 Å². The molecule has 2 bridgehead atoms. The Morgan fingerprint density at radius 3 is 2.91 bits per heavy atom. The second-order valence-electron chi connectivity index (χ2n) is 9.19. The number of nitrogens with one attached hydrogen (secondary N) is 4. The number of rotatable bonds is 3. The molecule has 2 aromatic heterocycles. The van der Waals surface area contributed by atoms with Crippen molar-refractivity contribution < 1.29 is 13.9 Å².